The van der Waals surface area contributed by atoms with E-state index in [0.29, 0.717) is 24.0 Å². The Balaban J connectivity index is 2.71. The summed E-state index contributed by atoms with van der Waals surface area (Å²) in [7, 11) is 1.57. The summed E-state index contributed by atoms with van der Waals surface area (Å²) in [5.74, 6) is 1.44. The van der Waals surface area contributed by atoms with Crippen LogP contribution in [0.2, 0.25) is 0 Å². The lowest BCUT2D eigenvalue weighted by molar-refractivity contribution is 0.284. The van der Waals surface area contributed by atoms with Gasteiger partial charge in [0.15, 0.2) is 0 Å². The van der Waals surface area contributed by atoms with Gasteiger partial charge in [0.25, 0.3) is 0 Å². The predicted octanol–water partition coefficient (Wildman–Crippen LogP) is 3.09. The molecule has 1 rings (SSSR count). The van der Waals surface area contributed by atoms with E-state index >= 15 is 0 Å². The Morgan fingerprint density at radius 3 is 2.77 bits per heavy atom. The van der Waals surface area contributed by atoms with E-state index in [2.05, 4.69) is 13.8 Å². The van der Waals surface area contributed by atoms with Crippen LogP contribution in [0, 0.1) is 11.8 Å². The molecule has 0 saturated heterocycles. The molecule has 2 unspecified atom stereocenters. The molecule has 1 aliphatic rings. The minimum atomic E-state index is -0.877. The van der Waals surface area contributed by atoms with E-state index in [9.17, 15) is 4.39 Å². The molecule has 0 radical (unpaired) electrons. The van der Waals surface area contributed by atoms with Crippen LogP contribution in [-0.2, 0) is 4.74 Å². The fraction of sp³-hybridized carbons (Fsp3) is 0.636. The second-order valence-corrected chi connectivity index (χ2v) is 3.79. The smallest absolute Gasteiger partial charge is 0.123 e. The van der Waals surface area contributed by atoms with Crippen LogP contribution in [0.15, 0.2) is 24.0 Å². The number of halogens is 1. The Morgan fingerprint density at radius 2 is 2.23 bits per heavy atom. The van der Waals surface area contributed by atoms with Crippen molar-refractivity contribution in [3.8, 4) is 0 Å². The van der Waals surface area contributed by atoms with Gasteiger partial charge in [-0.25, -0.2) is 4.39 Å². The van der Waals surface area contributed by atoms with Crippen molar-refractivity contribution < 1.29 is 9.13 Å². The third-order valence-electron chi connectivity index (χ3n) is 2.44. The van der Waals surface area contributed by atoms with Crippen LogP contribution in [0.5, 0.6) is 0 Å². The van der Waals surface area contributed by atoms with Crippen LogP contribution in [0.3, 0.4) is 0 Å². The van der Waals surface area contributed by atoms with Gasteiger partial charge in [-0.1, -0.05) is 19.9 Å². The SMILES string of the molecule is COC1=CC(F)CC(C(C)C)C=C1. The summed E-state index contributed by atoms with van der Waals surface area (Å²) in [5, 5.41) is 0. The number of allylic oxidation sites excluding steroid dienone is 3. The number of rotatable bonds is 2. The molecule has 0 N–H and O–H groups in total. The van der Waals surface area contributed by atoms with Crippen LogP contribution < -0.4 is 0 Å². The fourth-order valence-electron chi connectivity index (χ4n) is 1.49. The fourth-order valence-corrected chi connectivity index (χ4v) is 1.49. The van der Waals surface area contributed by atoms with Gasteiger partial charge in [-0.3, -0.25) is 0 Å². The molecule has 0 heterocycles. The highest BCUT2D eigenvalue weighted by Crippen LogP contribution is 2.25. The first-order chi connectivity index (χ1) is 6.13. The summed E-state index contributed by atoms with van der Waals surface area (Å²) in [6, 6.07) is 0. The van der Waals surface area contributed by atoms with Gasteiger partial charge in [0.2, 0.25) is 0 Å². The molecule has 0 fully saturated rings. The van der Waals surface area contributed by atoms with E-state index < -0.39 is 6.17 Å². The van der Waals surface area contributed by atoms with Crippen molar-refractivity contribution in [1.29, 1.82) is 0 Å². The molecule has 2 atom stereocenters. The van der Waals surface area contributed by atoms with Gasteiger partial charge < -0.3 is 4.74 Å². The Kier molecular flexibility index (Phi) is 3.52. The van der Waals surface area contributed by atoms with Crippen LogP contribution in [0.4, 0.5) is 4.39 Å². The van der Waals surface area contributed by atoms with Crippen LogP contribution in [-0.4, -0.2) is 13.3 Å². The predicted molar refractivity (Wildman–Crippen MR) is 52.1 cm³/mol. The largest absolute Gasteiger partial charge is 0.497 e. The molecule has 0 aromatic carbocycles. The van der Waals surface area contributed by atoms with Crippen LogP contribution in [0.25, 0.3) is 0 Å². The van der Waals surface area contributed by atoms with Crippen molar-refractivity contribution in [2.75, 3.05) is 7.11 Å². The number of ether oxygens (including phenoxy) is 1. The first-order valence-electron chi connectivity index (χ1n) is 4.71. The van der Waals surface area contributed by atoms with Gasteiger partial charge >= 0.3 is 0 Å². The first-order valence-corrected chi connectivity index (χ1v) is 4.71. The maximum Gasteiger partial charge on any atom is 0.123 e. The maximum absolute atomic E-state index is 13.3. The standard InChI is InChI=1S/C11H17FO/c1-8(2)9-4-5-11(13-3)7-10(12)6-9/h4-5,7-10H,6H2,1-3H3. The summed E-state index contributed by atoms with van der Waals surface area (Å²) in [6.45, 7) is 4.22. The molecular weight excluding hydrogens is 167 g/mol. The van der Waals surface area contributed by atoms with E-state index in [4.69, 9.17) is 4.74 Å². The van der Waals surface area contributed by atoms with E-state index in [-0.39, 0.29) is 0 Å². The Morgan fingerprint density at radius 1 is 1.54 bits per heavy atom. The van der Waals surface area contributed by atoms with Crippen molar-refractivity contribution in [3.05, 3.63) is 24.0 Å². The molecule has 0 saturated carbocycles. The highest BCUT2D eigenvalue weighted by atomic mass is 19.1. The molecule has 0 aromatic rings. The van der Waals surface area contributed by atoms with E-state index in [0.717, 1.165) is 0 Å². The Hall–Kier alpha value is -0.790. The topological polar surface area (TPSA) is 9.23 Å². The van der Waals surface area contributed by atoms with Crippen molar-refractivity contribution in [3.63, 3.8) is 0 Å². The number of hydrogen-bond acceptors (Lipinski definition) is 1. The van der Waals surface area contributed by atoms with E-state index in [1.807, 2.05) is 12.2 Å². The molecule has 0 aromatic heterocycles. The molecule has 2 heteroatoms. The van der Waals surface area contributed by atoms with Gasteiger partial charge in [-0.2, -0.15) is 0 Å². The lowest BCUT2D eigenvalue weighted by Crippen LogP contribution is -2.10. The zero-order valence-corrected chi connectivity index (χ0v) is 8.46. The van der Waals surface area contributed by atoms with Gasteiger partial charge in [0.05, 0.1) is 7.11 Å². The molecule has 74 valence electrons. The molecule has 0 bridgehead atoms. The minimum Gasteiger partial charge on any atom is -0.497 e. The average Bonchev–Trinajstić information content (AvgIpc) is 2.26. The third-order valence-corrected chi connectivity index (χ3v) is 2.44. The molecule has 0 amide bonds. The zero-order chi connectivity index (χ0) is 9.84. The van der Waals surface area contributed by atoms with Crippen LogP contribution >= 0.6 is 0 Å². The lowest BCUT2D eigenvalue weighted by Gasteiger charge is -2.15. The first kappa shape index (κ1) is 10.3. The monoisotopic (exact) mass is 184 g/mol. The maximum atomic E-state index is 13.3. The Labute approximate surface area is 79.3 Å². The van der Waals surface area contributed by atoms with E-state index in [1.54, 1.807) is 13.2 Å². The van der Waals surface area contributed by atoms with Gasteiger partial charge in [0, 0.05) is 0 Å². The summed E-state index contributed by atoms with van der Waals surface area (Å²) in [4.78, 5) is 0. The number of hydrogen-bond donors (Lipinski definition) is 0. The molecule has 13 heavy (non-hydrogen) atoms. The van der Waals surface area contributed by atoms with Crippen molar-refractivity contribution >= 4 is 0 Å². The molecule has 0 spiro atoms. The second kappa shape index (κ2) is 4.45. The quantitative estimate of drug-likeness (QED) is 0.640. The number of alkyl halides is 1. The van der Waals surface area contributed by atoms with Crippen molar-refractivity contribution in [1.82, 2.24) is 0 Å². The van der Waals surface area contributed by atoms with E-state index in [1.165, 1.54) is 0 Å². The molecule has 0 aliphatic heterocycles. The highest BCUT2D eigenvalue weighted by Gasteiger charge is 2.18. The normalized spacial score (nSPS) is 28.5. The van der Waals surface area contributed by atoms with Gasteiger partial charge in [-0.15, -0.1) is 0 Å². The highest BCUT2D eigenvalue weighted by molar-refractivity contribution is 5.18. The third kappa shape index (κ3) is 2.87. The van der Waals surface area contributed by atoms with Crippen molar-refractivity contribution in [2.45, 2.75) is 26.4 Å². The molecular formula is C11H17FO. The van der Waals surface area contributed by atoms with Gasteiger partial charge in [-0.05, 0) is 30.4 Å². The summed E-state index contributed by atoms with van der Waals surface area (Å²) < 4.78 is 18.3. The summed E-state index contributed by atoms with van der Waals surface area (Å²) in [5.41, 5.74) is 0. The van der Waals surface area contributed by atoms with Gasteiger partial charge in [0.1, 0.15) is 11.9 Å². The van der Waals surface area contributed by atoms with Crippen LogP contribution in [0.1, 0.15) is 20.3 Å². The zero-order valence-electron chi connectivity index (χ0n) is 8.46. The average molecular weight is 184 g/mol. The summed E-state index contributed by atoms with van der Waals surface area (Å²) in [6.07, 6.45) is 5.14. The van der Waals surface area contributed by atoms with Crippen molar-refractivity contribution in [2.24, 2.45) is 11.8 Å². The second-order valence-electron chi connectivity index (χ2n) is 3.79. The summed E-state index contributed by atoms with van der Waals surface area (Å²) >= 11 is 0. The molecule has 1 nitrogen and oxygen atoms in total. The molecule has 1 aliphatic carbocycles. The number of methoxy groups -OCH3 is 1. The Bertz CT molecular complexity index is 218. The lowest BCUT2D eigenvalue weighted by atomic mass is 9.91. The minimum absolute atomic E-state index is 0.318.